The van der Waals surface area contributed by atoms with Gasteiger partial charge < -0.3 is 10.5 Å². The van der Waals surface area contributed by atoms with Crippen LogP contribution >= 0.6 is 34.2 Å². The van der Waals surface area contributed by atoms with Crippen LogP contribution in [0, 0.1) is 10.5 Å². The average Bonchev–Trinajstić information content (AvgIpc) is 2.54. The van der Waals surface area contributed by atoms with Crippen LogP contribution in [0.4, 0.5) is 4.79 Å². The second-order valence-electron chi connectivity index (χ2n) is 6.82. The van der Waals surface area contributed by atoms with Gasteiger partial charge in [-0.15, -0.1) is 0 Å². The number of primary amides is 1. The second-order valence-corrected chi connectivity index (χ2v) is 8.47. The molecule has 26 heavy (non-hydrogen) atoms. The Morgan fingerprint density at radius 1 is 1.19 bits per heavy atom. The number of rotatable bonds is 6. The van der Waals surface area contributed by atoms with Crippen molar-refractivity contribution in [2.24, 2.45) is 5.73 Å². The number of hydrogen-bond acceptors (Lipinski definition) is 3. The molecular formula is C20H21ClINO3. The molecular weight excluding hydrogens is 465 g/mol. The molecule has 0 aliphatic rings. The van der Waals surface area contributed by atoms with Crippen molar-refractivity contribution in [3.8, 4) is 0 Å². The van der Waals surface area contributed by atoms with E-state index in [0.29, 0.717) is 17.0 Å². The standard InChI is InChI=1S/C20H21ClINO3/c1-12-4-5-14(10-17(12)21)16(11-20(2,3)26-19(23)25)18(24)13-6-8-15(22)9-7-13/h4-10,16H,11H2,1-3H3,(H2,23,25). The number of ether oxygens (including phenoxy) is 1. The van der Waals surface area contributed by atoms with Gasteiger partial charge in [-0.05, 0) is 72.7 Å². The summed E-state index contributed by atoms with van der Waals surface area (Å²) in [6.07, 6.45) is -0.572. The predicted molar refractivity (Wildman–Crippen MR) is 112 cm³/mol. The summed E-state index contributed by atoms with van der Waals surface area (Å²) in [4.78, 5) is 24.4. The minimum Gasteiger partial charge on any atom is -0.444 e. The molecule has 0 saturated carbocycles. The van der Waals surface area contributed by atoms with Crippen molar-refractivity contribution < 1.29 is 14.3 Å². The summed E-state index contributed by atoms with van der Waals surface area (Å²) in [6, 6.07) is 12.9. The van der Waals surface area contributed by atoms with Gasteiger partial charge in [-0.2, -0.15) is 0 Å². The molecule has 2 rings (SSSR count). The fourth-order valence-corrected chi connectivity index (χ4v) is 3.36. The third-order valence-electron chi connectivity index (χ3n) is 4.12. The highest BCUT2D eigenvalue weighted by atomic mass is 127. The highest BCUT2D eigenvalue weighted by Gasteiger charge is 2.32. The van der Waals surface area contributed by atoms with Crippen molar-refractivity contribution in [3.05, 3.63) is 67.7 Å². The zero-order valence-corrected chi connectivity index (χ0v) is 17.8. The number of nitrogens with two attached hydrogens (primary N) is 1. The van der Waals surface area contributed by atoms with Gasteiger partial charge in [0.1, 0.15) is 5.60 Å². The van der Waals surface area contributed by atoms with Crippen LogP contribution in [0.3, 0.4) is 0 Å². The van der Waals surface area contributed by atoms with Crippen LogP contribution in [0.5, 0.6) is 0 Å². The Morgan fingerprint density at radius 3 is 2.35 bits per heavy atom. The van der Waals surface area contributed by atoms with Gasteiger partial charge in [0.25, 0.3) is 0 Å². The summed E-state index contributed by atoms with van der Waals surface area (Å²) in [7, 11) is 0. The third kappa shape index (κ3) is 5.45. The predicted octanol–water partition coefficient (Wildman–Crippen LogP) is 5.48. The number of carbonyl (C=O) groups is 2. The average molecular weight is 486 g/mol. The van der Waals surface area contributed by atoms with E-state index in [-0.39, 0.29) is 5.78 Å². The molecule has 0 aliphatic carbocycles. The zero-order chi connectivity index (χ0) is 19.5. The molecule has 0 radical (unpaired) electrons. The minimum atomic E-state index is -0.896. The highest BCUT2D eigenvalue weighted by molar-refractivity contribution is 14.1. The van der Waals surface area contributed by atoms with Gasteiger partial charge in [-0.25, -0.2) is 4.79 Å². The topological polar surface area (TPSA) is 69.4 Å². The summed E-state index contributed by atoms with van der Waals surface area (Å²) in [5.74, 6) is -0.565. The molecule has 1 unspecified atom stereocenters. The lowest BCUT2D eigenvalue weighted by Gasteiger charge is -2.29. The Hall–Kier alpha value is -1.60. The largest absolute Gasteiger partial charge is 0.444 e. The molecule has 0 aromatic heterocycles. The van der Waals surface area contributed by atoms with Crippen molar-refractivity contribution >= 4 is 46.1 Å². The second kappa shape index (κ2) is 8.39. The lowest BCUT2D eigenvalue weighted by molar-refractivity contribution is 0.0325. The van der Waals surface area contributed by atoms with Crippen LogP contribution in [0.2, 0.25) is 5.02 Å². The molecule has 0 fully saturated rings. The number of hydrogen-bond donors (Lipinski definition) is 1. The summed E-state index contributed by atoms with van der Waals surface area (Å²) in [6.45, 7) is 5.38. The number of benzene rings is 2. The fourth-order valence-electron chi connectivity index (χ4n) is 2.81. The van der Waals surface area contributed by atoms with Gasteiger partial charge in [0.05, 0.1) is 5.92 Å². The van der Waals surface area contributed by atoms with Crippen LogP contribution in [0.25, 0.3) is 0 Å². The molecule has 138 valence electrons. The maximum absolute atomic E-state index is 13.2. The van der Waals surface area contributed by atoms with Gasteiger partial charge >= 0.3 is 6.09 Å². The van der Waals surface area contributed by atoms with Crippen LogP contribution < -0.4 is 5.73 Å². The van der Waals surface area contributed by atoms with E-state index in [2.05, 4.69) is 22.6 Å². The third-order valence-corrected chi connectivity index (χ3v) is 5.24. The SMILES string of the molecule is Cc1ccc(C(CC(C)(C)OC(N)=O)C(=O)c2ccc(I)cc2)cc1Cl. The molecule has 0 spiro atoms. The molecule has 0 heterocycles. The summed E-state index contributed by atoms with van der Waals surface area (Å²) in [5.41, 5.74) is 6.59. The van der Waals surface area contributed by atoms with Gasteiger partial charge in [0.2, 0.25) is 0 Å². The maximum atomic E-state index is 13.2. The molecule has 6 heteroatoms. The van der Waals surface area contributed by atoms with E-state index in [4.69, 9.17) is 22.1 Å². The van der Waals surface area contributed by atoms with E-state index in [1.807, 2.05) is 31.2 Å². The first-order chi connectivity index (χ1) is 12.1. The Balaban J connectivity index is 2.43. The van der Waals surface area contributed by atoms with Crippen LogP contribution in [0.15, 0.2) is 42.5 Å². The van der Waals surface area contributed by atoms with E-state index in [9.17, 15) is 9.59 Å². The first-order valence-electron chi connectivity index (χ1n) is 8.13. The maximum Gasteiger partial charge on any atom is 0.405 e. The number of ketones is 1. The Bertz CT molecular complexity index is 818. The summed E-state index contributed by atoms with van der Waals surface area (Å²) in [5, 5.41) is 0.594. The Labute approximate surface area is 172 Å². The number of aryl methyl sites for hydroxylation is 1. The van der Waals surface area contributed by atoms with E-state index >= 15 is 0 Å². The molecule has 0 bridgehead atoms. The smallest absolute Gasteiger partial charge is 0.405 e. The van der Waals surface area contributed by atoms with Crippen LogP contribution in [-0.4, -0.2) is 17.5 Å². The fraction of sp³-hybridized carbons (Fsp3) is 0.300. The Morgan fingerprint density at radius 2 is 1.81 bits per heavy atom. The van der Waals surface area contributed by atoms with Gasteiger partial charge in [0, 0.05) is 20.6 Å². The molecule has 1 amide bonds. The van der Waals surface area contributed by atoms with Gasteiger partial charge in [-0.3, -0.25) is 4.79 Å². The molecule has 0 aliphatic heterocycles. The van der Waals surface area contributed by atoms with E-state index in [1.54, 1.807) is 32.0 Å². The first kappa shape index (κ1) is 20.7. The summed E-state index contributed by atoms with van der Waals surface area (Å²) >= 11 is 8.46. The van der Waals surface area contributed by atoms with Gasteiger partial charge in [-0.1, -0.05) is 35.9 Å². The van der Waals surface area contributed by atoms with Crippen LogP contribution in [-0.2, 0) is 4.74 Å². The molecule has 0 saturated heterocycles. The van der Waals surface area contributed by atoms with E-state index < -0.39 is 17.6 Å². The van der Waals surface area contributed by atoms with Crippen molar-refractivity contribution in [2.75, 3.05) is 0 Å². The number of Topliss-reactive ketones (excluding diaryl/α,β-unsaturated/α-hetero) is 1. The van der Waals surface area contributed by atoms with Crippen molar-refractivity contribution in [1.82, 2.24) is 0 Å². The Kier molecular flexibility index (Phi) is 6.69. The summed E-state index contributed by atoms with van der Waals surface area (Å²) < 4.78 is 6.25. The van der Waals surface area contributed by atoms with Crippen molar-refractivity contribution in [3.63, 3.8) is 0 Å². The quantitative estimate of drug-likeness (QED) is 0.435. The first-order valence-corrected chi connectivity index (χ1v) is 9.59. The van der Waals surface area contributed by atoms with Crippen molar-refractivity contribution in [2.45, 2.75) is 38.7 Å². The lowest BCUT2D eigenvalue weighted by atomic mass is 9.82. The zero-order valence-electron chi connectivity index (χ0n) is 14.9. The van der Waals surface area contributed by atoms with Gasteiger partial charge in [0.15, 0.2) is 5.78 Å². The van der Waals surface area contributed by atoms with Crippen LogP contribution in [0.1, 0.15) is 47.7 Å². The highest BCUT2D eigenvalue weighted by Crippen LogP contribution is 2.33. The number of carbonyl (C=O) groups excluding carboxylic acids is 2. The molecule has 2 aromatic carbocycles. The van der Waals surface area contributed by atoms with E-state index in [1.165, 1.54) is 0 Å². The van der Waals surface area contributed by atoms with E-state index in [0.717, 1.165) is 14.7 Å². The minimum absolute atomic E-state index is 0.0533. The number of amides is 1. The molecule has 1 atom stereocenters. The number of halogens is 2. The molecule has 4 nitrogen and oxygen atoms in total. The normalized spacial score (nSPS) is 12.5. The molecule has 2 N–H and O–H groups in total. The monoisotopic (exact) mass is 485 g/mol. The molecule has 2 aromatic rings. The van der Waals surface area contributed by atoms with Crippen molar-refractivity contribution in [1.29, 1.82) is 0 Å². The lowest BCUT2D eigenvalue weighted by Crippen LogP contribution is -2.34.